The number of nitrogens with one attached hydrogen (secondary N) is 1. The Morgan fingerprint density at radius 2 is 1.88 bits per heavy atom. The summed E-state index contributed by atoms with van der Waals surface area (Å²) < 4.78 is 16.0. The Bertz CT molecular complexity index is 740. The molecule has 1 heterocycles. The molecule has 1 N–H and O–H groups in total. The Labute approximate surface area is 145 Å². The molecule has 0 saturated carbocycles. The van der Waals surface area contributed by atoms with E-state index in [1.807, 2.05) is 12.1 Å². The van der Waals surface area contributed by atoms with Gasteiger partial charge in [0, 0.05) is 28.6 Å². The minimum absolute atomic E-state index is 0.155. The zero-order valence-electron chi connectivity index (χ0n) is 13.5. The van der Waals surface area contributed by atoms with Crippen LogP contribution in [0.4, 0.5) is 0 Å². The van der Waals surface area contributed by atoms with E-state index < -0.39 is 0 Å². The van der Waals surface area contributed by atoms with Crippen molar-refractivity contribution in [1.82, 2.24) is 5.32 Å². The molecule has 2 aromatic carbocycles. The highest BCUT2D eigenvalue weighted by molar-refractivity contribution is 6.30. The van der Waals surface area contributed by atoms with Crippen molar-refractivity contribution in [3.63, 3.8) is 0 Å². The molecule has 0 aromatic heterocycles. The minimum Gasteiger partial charge on any atom is -0.497 e. The van der Waals surface area contributed by atoms with E-state index in [-0.39, 0.29) is 11.9 Å². The van der Waals surface area contributed by atoms with Gasteiger partial charge in [-0.05, 0) is 30.3 Å². The SMILES string of the molecule is COc1cc(OC)cc(C(=O)NC2CCOc3ccc(Cl)cc32)c1. The molecule has 6 heteroatoms. The first-order chi connectivity index (χ1) is 11.6. The summed E-state index contributed by atoms with van der Waals surface area (Å²) in [5.41, 5.74) is 1.36. The fraction of sp³-hybridized carbons (Fsp3) is 0.278. The number of halogens is 1. The van der Waals surface area contributed by atoms with Crippen molar-refractivity contribution in [2.45, 2.75) is 12.5 Å². The van der Waals surface area contributed by atoms with Crippen molar-refractivity contribution >= 4 is 17.5 Å². The lowest BCUT2D eigenvalue weighted by atomic mass is 10.00. The Morgan fingerprint density at radius 1 is 1.17 bits per heavy atom. The summed E-state index contributed by atoms with van der Waals surface area (Å²) in [5.74, 6) is 1.68. The highest BCUT2D eigenvalue weighted by Crippen LogP contribution is 2.34. The molecule has 1 amide bonds. The summed E-state index contributed by atoms with van der Waals surface area (Å²) >= 11 is 6.07. The van der Waals surface area contributed by atoms with Crippen molar-refractivity contribution < 1.29 is 19.0 Å². The van der Waals surface area contributed by atoms with Crippen LogP contribution in [0.15, 0.2) is 36.4 Å². The van der Waals surface area contributed by atoms with Crippen LogP contribution in [0.2, 0.25) is 5.02 Å². The lowest BCUT2D eigenvalue weighted by Gasteiger charge is -2.27. The zero-order chi connectivity index (χ0) is 17.1. The van der Waals surface area contributed by atoms with Gasteiger partial charge in [-0.1, -0.05) is 11.6 Å². The van der Waals surface area contributed by atoms with Crippen LogP contribution >= 0.6 is 11.6 Å². The van der Waals surface area contributed by atoms with Crippen LogP contribution in [0.1, 0.15) is 28.4 Å². The standard InChI is InChI=1S/C18H18ClNO4/c1-22-13-7-11(8-14(10-13)23-2)18(21)20-16-5-6-24-17-4-3-12(19)9-15(16)17/h3-4,7-10,16H,5-6H2,1-2H3,(H,20,21). The number of carbonyl (C=O) groups is 1. The number of ether oxygens (including phenoxy) is 3. The number of rotatable bonds is 4. The Balaban J connectivity index is 1.85. The van der Waals surface area contributed by atoms with Crippen molar-refractivity contribution in [3.05, 3.63) is 52.5 Å². The summed E-state index contributed by atoms with van der Waals surface area (Å²) in [4.78, 5) is 12.6. The number of hydrogen-bond donors (Lipinski definition) is 1. The van der Waals surface area contributed by atoms with Gasteiger partial charge in [-0.2, -0.15) is 0 Å². The average Bonchev–Trinajstić information content (AvgIpc) is 2.61. The van der Waals surface area contributed by atoms with Crippen molar-refractivity contribution in [1.29, 1.82) is 0 Å². The third kappa shape index (κ3) is 3.41. The topological polar surface area (TPSA) is 56.8 Å². The second-order valence-electron chi connectivity index (χ2n) is 5.45. The Hall–Kier alpha value is -2.40. The Kier molecular flexibility index (Phi) is 4.81. The minimum atomic E-state index is -0.204. The number of carbonyl (C=O) groups excluding carboxylic acids is 1. The quantitative estimate of drug-likeness (QED) is 0.918. The average molecular weight is 348 g/mol. The lowest BCUT2D eigenvalue weighted by molar-refractivity contribution is 0.0924. The molecule has 1 aliphatic heterocycles. The molecule has 0 fully saturated rings. The predicted octanol–water partition coefficient (Wildman–Crippen LogP) is 3.61. The van der Waals surface area contributed by atoms with Gasteiger partial charge in [0.05, 0.1) is 26.9 Å². The molecule has 1 unspecified atom stereocenters. The molecule has 1 atom stereocenters. The Morgan fingerprint density at radius 3 is 2.54 bits per heavy atom. The monoisotopic (exact) mass is 347 g/mol. The largest absolute Gasteiger partial charge is 0.497 e. The fourth-order valence-electron chi connectivity index (χ4n) is 2.70. The van der Waals surface area contributed by atoms with Gasteiger partial charge in [0.15, 0.2) is 0 Å². The van der Waals surface area contributed by atoms with Crippen LogP contribution < -0.4 is 19.5 Å². The number of amides is 1. The number of methoxy groups -OCH3 is 2. The smallest absolute Gasteiger partial charge is 0.252 e. The molecule has 2 aromatic rings. The van der Waals surface area contributed by atoms with E-state index in [9.17, 15) is 4.79 Å². The normalized spacial score (nSPS) is 15.9. The maximum absolute atomic E-state index is 12.6. The van der Waals surface area contributed by atoms with Crippen LogP contribution in [-0.2, 0) is 0 Å². The first kappa shape index (κ1) is 16.5. The van der Waals surface area contributed by atoms with Crippen LogP contribution in [-0.4, -0.2) is 26.7 Å². The van der Waals surface area contributed by atoms with E-state index in [4.69, 9.17) is 25.8 Å². The molecule has 0 spiro atoms. The molecular weight excluding hydrogens is 330 g/mol. The third-order valence-corrected chi connectivity index (χ3v) is 4.17. The third-order valence-electron chi connectivity index (χ3n) is 3.93. The van der Waals surface area contributed by atoms with Gasteiger partial charge in [-0.25, -0.2) is 0 Å². The molecule has 5 nitrogen and oxygen atoms in total. The number of hydrogen-bond acceptors (Lipinski definition) is 4. The zero-order valence-corrected chi connectivity index (χ0v) is 14.2. The van der Waals surface area contributed by atoms with Gasteiger partial charge in [0.2, 0.25) is 0 Å². The summed E-state index contributed by atoms with van der Waals surface area (Å²) in [5, 5.41) is 3.65. The van der Waals surface area contributed by atoms with Gasteiger partial charge in [-0.3, -0.25) is 4.79 Å². The van der Waals surface area contributed by atoms with E-state index in [0.717, 1.165) is 11.3 Å². The molecule has 1 aliphatic rings. The highest BCUT2D eigenvalue weighted by atomic mass is 35.5. The summed E-state index contributed by atoms with van der Waals surface area (Å²) in [6.45, 7) is 0.543. The van der Waals surface area contributed by atoms with Crippen LogP contribution in [0.5, 0.6) is 17.2 Å². The van der Waals surface area contributed by atoms with E-state index in [2.05, 4.69) is 5.32 Å². The van der Waals surface area contributed by atoms with Crippen molar-refractivity contribution in [2.24, 2.45) is 0 Å². The van der Waals surface area contributed by atoms with Crippen molar-refractivity contribution in [3.8, 4) is 17.2 Å². The second kappa shape index (κ2) is 7.01. The first-order valence-electron chi connectivity index (χ1n) is 7.57. The van der Waals surface area contributed by atoms with Gasteiger partial charge >= 0.3 is 0 Å². The van der Waals surface area contributed by atoms with Crippen LogP contribution in [0.3, 0.4) is 0 Å². The number of fused-ring (bicyclic) bond motifs is 1. The molecule has 0 aliphatic carbocycles. The van der Waals surface area contributed by atoms with E-state index in [1.165, 1.54) is 0 Å². The summed E-state index contributed by atoms with van der Waals surface area (Å²) in [7, 11) is 3.10. The number of benzene rings is 2. The lowest BCUT2D eigenvalue weighted by Crippen LogP contribution is -2.32. The maximum Gasteiger partial charge on any atom is 0.252 e. The molecule has 3 rings (SSSR count). The molecule has 0 radical (unpaired) electrons. The van der Waals surface area contributed by atoms with Gasteiger partial charge < -0.3 is 19.5 Å². The van der Waals surface area contributed by atoms with Gasteiger partial charge in [0.25, 0.3) is 5.91 Å². The summed E-state index contributed by atoms with van der Waals surface area (Å²) in [6.07, 6.45) is 0.681. The highest BCUT2D eigenvalue weighted by Gasteiger charge is 2.24. The second-order valence-corrected chi connectivity index (χ2v) is 5.88. The maximum atomic E-state index is 12.6. The van der Waals surface area contributed by atoms with E-state index in [0.29, 0.717) is 35.1 Å². The van der Waals surface area contributed by atoms with Crippen molar-refractivity contribution in [2.75, 3.05) is 20.8 Å². The van der Waals surface area contributed by atoms with E-state index >= 15 is 0 Å². The van der Waals surface area contributed by atoms with Crippen LogP contribution in [0.25, 0.3) is 0 Å². The van der Waals surface area contributed by atoms with Gasteiger partial charge in [-0.15, -0.1) is 0 Å². The van der Waals surface area contributed by atoms with E-state index in [1.54, 1.807) is 38.5 Å². The fourth-order valence-corrected chi connectivity index (χ4v) is 2.88. The molecular formula is C18H18ClNO4. The predicted molar refractivity (Wildman–Crippen MR) is 91.3 cm³/mol. The summed E-state index contributed by atoms with van der Waals surface area (Å²) in [6, 6.07) is 10.3. The molecule has 0 saturated heterocycles. The molecule has 24 heavy (non-hydrogen) atoms. The molecule has 126 valence electrons. The molecule has 0 bridgehead atoms. The first-order valence-corrected chi connectivity index (χ1v) is 7.94. The van der Waals surface area contributed by atoms with Gasteiger partial charge in [0.1, 0.15) is 17.2 Å². The van der Waals surface area contributed by atoms with Crippen LogP contribution in [0, 0.1) is 0 Å².